The quantitative estimate of drug-likeness (QED) is 0.601. The summed E-state index contributed by atoms with van der Waals surface area (Å²) in [5, 5.41) is 7.70. The molecule has 2 aromatic heterocycles. The van der Waals surface area contributed by atoms with Crippen molar-refractivity contribution < 1.29 is 9.21 Å². The molecule has 5 nitrogen and oxygen atoms in total. The van der Waals surface area contributed by atoms with Crippen LogP contribution < -0.4 is 5.32 Å². The standard InChI is InChI=1S/C22H27N3O2/c1-5-6-7-12-23-22(26)20-14-18(21-11-9-17(4)27-21)24-25(20)19-10-8-15(2)13-16(19)3/h8-11,13-14H,5-7,12H2,1-4H3,(H,23,26). The predicted octanol–water partition coefficient (Wildman–Crippen LogP) is 4.98. The minimum absolute atomic E-state index is 0.117. The number of amides is 1. The Morgan fingerprint density at radius 3 is 2.59 bits per heavy atom. The number of carbonyl (C=O) groups excluding carboxylic acids is 1. The SMILES string of the molecule is CCCCCNC(=O)c1cc(-c2ccc(C)o2)nn1-c1ccc(C)cc1C. The Kier molecular flexibility index (Phi) is 5.79. The maximum Gasteiger partial charge on any atom is 0.270 e. The molecule has 0 bridgehead atoms. The molecule has 0 saturated carbocycles. The van der Waals surface area contributed by atoms with Crippen LogP contribution in [0, 0.1) is 20.8 Å². The maximum absolute atomic E-state index is 12.8. The predicted molar refractivity (Wildman–Crippen MR) is 107 cm³/mol. The second-order valence-corrected chi connectivity index (χ2v) is 6.99. The van der Waals surface area contributed by atoms with Crippen molar-refractivity contribution in [1.82, 2.24) is 15.1 Å². The number of unbranched alkanes of at least 4 members (excludes halogenated alkanes) is 2. The number of hydrogen-bond acceptors (Lipinski definition) is 3. The second kappa shape index (κ2) is 8.25. The van der Waals surface area contributed by atoms with Gasteiger partial charge in [-0.3, -0.25) is 4.79 Å². The summed E-state index contributed by atoms with van der Waals surface area (Å²) in [5.41, 5.74) is 4.31. The lowest BCUT2D eigenvalue weighted by atomic mass is 10.1. The first kappa shape index (κ1) is 19.0. The second-order valence-electron chi connectivity index (χ2n) is 6.99. The van der Waals surface area contributed by atoms with E-state index in [1.54, 1.807) is 10.7 Å². The summed E-state index contributed by atoms with van der Waals surface area (Å²) in [4.78, 5) is 12.8. The summed E-state index contributed by atoms with van der Waals surface area (Å²) in [6.45, 7) is 8.79. The van der Waals surface area contributed by atoms with Crippen LogP contribution in [0.1, 0.15) is 53.6 Å². The van der Waals surface area contributed by atoms with Gasteiger partial charge >= 0.3 is 0 Å². The lowest BCUT2D eigenvalue weighted by Crippen LogP contribution is -2.27. The number of aryl methyl sites for hydroxylation is 3. The van der Waals surface area contributed by atoms with Crippen molar-refractivity contribution in [2.45, 2.75) is 47.0 Å². The highest BCUT2D eigenvalue weighted by Gasteiger charge is 2.19. The van der Waals surface area contributed by atoms with E-state index in [0.29, 0.717) is 23.7 Å². The summed E-state index contributed by atoms with van der Waals surface area (Å²) >= 11 is 0. The number of nitrogens with zero attached hydrogens (tertiary/aromatic N) is 2. The zero-order valence-corrected chi connectivity index (χ0v) is 16.5. The Labute approximate surface area is 160 Å². The van der Waals surface area contributed by atoms with Gasteiger partial charge in [0.05, 0.1) is 5.69 Å². The normalized spacial score (nSPS) is 11.0. The first-order valence-electron chi connectivity index (χ1n) is 9.52. The summed E-state index contributed by atoms with van der Waals surface area (Å²) in [6.07, 6.45) is 3.20. The van der Waals surface area contributed by atoms with E-state index < -0.39 is 0 Å². The molecule has 1 amide bonds. The van der Waals surface area contributed by atoms with Crippen LogP contribution in [0.4, 0.5) is 0 Å². The highest BCUT2D eigenvalue weighted by Crippen LogP contribution is 2.25. The van der Waals surface area contributed by atoms with Gasteiger partial charge in [0.2, 0.25) is 0 Å². The Morgan fingerprint density at radius 1 is 1.11 bits per heavy atom. The number of benzene rings is 1. The first-order chi connectivity index (χ1) is 13.0. The van der Waals surface area contributed by atoms with Crippen LogP contribution in [0.5, 0.6) is 0 Å². The van der Waals surface area contributed by atoms with E-state index in [-0.39, 0.29) is 5.91 Å². The number of hydrogen-bond donors (Lipinski definition) is 1. The molecule has 0 unspecified atom stereocenters. The third kappa shape index (κ3) is 4.30. The molecule has 0 radical (unpaired) electrons. The lowest BCUT2D eigenvalue weighted by Gasteiger charge is -2.11. The fraction of sp³-hybridized carbons (Fsp3) is 0.364. The molecular weight excluding hydrogens is 338 g/mol. The molecule has 0 spiro atoms. The van der Waals surface area contributed by atoms with Gasteiger partial charge in [0.1, 0.15) is 17.1 Å². The zero-order chi connectivity index (χ0) is 19.4. The average Bonchev–Trinajstić information content (AvgIpc) is 3.25. The largest absolute Gasteiger partial charge is 0.460 e. The summed E-state index contributed by atoms with van der Waals surface area (Å²) in [6, 6.07) is 11.7. The van der Waals surface area contributed by atoms with Gasteiger partial charge in [-0.25, -0.2) is 4.68 Å². The van der Waals surface area contributed by atoms with Crippen molar-refractivity contribution in [1.29, 1.82) is 0 Å². The average molecular weight is 365 g/mol. The summed E-state index contributed by atoms with van der Waals surface area (Å²) in [5.74, 6) is 1.36. The molecule has 5 heteroatoms. The van der Waals surface area contributed by atoms with Crippen LogP contribution in [0.25, 0.3) is 17.1 Å². The van der Waals surface area contributed by atoms with Crippen molar-refractivity contribution >= 4 is 5.91 Å². The Balaban J connectivity index is 1.99. The van der Waals surface area contributed by atoms with Crippen LogP contribution in [0.2, 0.25) is 0 Å². The third-order valence-corrected chi connectivity index (χ3v) is 4.58. The van der Waals surface area contributed by atoms with Gasteiger partial charge in [0.15, 0.2) is 5.76 Å². The zero-order valence-electron chi connectivity index (χ0n) is 16.5. The molecular formula is C22H27N3O2. The molecule has 3 rings (SSSR count). The Morgan fingerprint density at radius 2 is 1.93 bits per heavy atom. The molecule has 0 fully saturated rings. The highest BCUT2D eigenvalue weighted by molar-refractivity contribution is 5.94. The minimum Gasteiger partial charge on any atom is -0.460 e. The van der Waals surface area contributed by atoms with E-state index in [0.717, 1.165) is 36.3 Å². The Hall–Kier alpha value is -2.82. The van der Waals surface area contributed by atoms with Crippen LogP contribution in [0.15, 0.2) is 40.8 Å². The van der Waals surface area contributed by atoms with Gasteiger partial charge in [0.25, 0.3) is 5.91 Å². The molecule has 1 aromatic carbocycles. The van der Waals surface area contributed by atoms with Crippen molar-refractivity contribution in [3.05, 3.63) is 59.0 Å². The van der Waals surface area contributed by atoms with Gasteiger partial charge in [-0.05, 0) is 51.0 Å². The van der Waals surface area contributed by atoms with E-state index in [9.17, 15) is 4.79 Å². The van der Waals surface area contributed by atoms with Gasteiger partial charge < -0.3 is 9.73 Å². The molecule has 0 aliphatic heterocycles. The Bertz CT molecular complexity index is 937. The van der Waals surface area contributed by atoms with Gasteiger partial charge in [0, 0.05) is 12.6 Å². The van der Waals surface area contributed by atoms with Crippen LogP contribution in [-0.2, 0) is 0 Å². The molecule has 142 valence electrons. The first-order valence-corrected chi connectivity index (χ1v) is 9.52. The van der Waals surface area contributed by atoms with E-state index in [1.807, 2.05) is 38.1 Å². The van der Waals surface area contributed by atoms with E-state index in [2.05, 4.69) is 30.3 Å². The lowest BCUT2D eigenvalue weighted by molar-refractivity contribution is 0.0945. The summed E-state index contributed by atoms with van der Waals surface area (Å²) in [7, 11) is 0. The van der Waals surface area contributed by atoms with E-state index in [4.69, 9.17) is 4.42 Å². The monoisotopic (exact) mass is 365 g/mol. The minimum atomic E-state index is -0.117. The number of furan rings is 1. The van der Waals surface area contributed by atoms with Gasteiger partial charge in [-0.1, -0.05) is 37.5 Å². The van der Waals surface area contributed by atoms with E-state index >= 15 is 0 Å². The van der Waals surface area contributed by atoms with Crippen LogP contribution >= 0.6 is 0 Å². The number of carbonyl (C=O) groups is 1. The van der Waals surface area contributed by atoms with E-state index in [1.165, 1.54) is 5.56 Å². The van der Waals surface area contributed by atoms with Crippen molar-refractivity contribution in [3.8, 4) is 17.1 Å². The molecule has 2 heterocycles. The maximum atomic E-state index is 12.8. The molecule has 0 atom stereocenters. The summed E-state index contributed by atoms with van der Waals surface area (Å²) < 4.78 is 7.43. The molecule has 1 N–H and O–H groups in total. The fourth-order valence-electron chi connectivity index (χ4n) is 3.13. The molecule has 0 aliphatic rings. The highest BCUT2D eigenvalue weighted by atomic mass is 16.3. The number of nitrogens with one attached hydrogen (secondary N) is 1. The third-order valence-electron chi connectivity index (χ3n) is 4.58. The van der Waals surface area contributed by atoms with Gasteiger partial charge in [-0.2, -0.15) is 5.10 Å². The van der Waals surface area contributed by atoms with Crippen molar-refractivity contribution in [2.75, 3.05) is 6.54 Å². The van der Waals surface area contributed by atoms with Crippen molar-refractivity contribution in [2.24, 2.45) is 0 Å². The molecule has 0 aliphatic carbocycles. The van der Waals surface area contributed by atoms with Crippen LogP contribution in [-0.4, -0.2) is 22.2 Å². The fourth-order valence-corrected chi connectivity index (χ4v) is 3.13. The molecule has 3 aromatic rings. The van der Waals surface area contributed by atoms with Gasteiger partial charge in [-0.15, -0.1) is 0 Å². The molecule has 27 heavy (non-hydrogen) atoms. The van der Waals surface area contributed by atoms with Crippen molar-refractivity contribution in [3.63, 3.8) is 0 Å². The topological polar surface area (TPSA) is 60.1 Å². The number of rotatable bonds is 7. The number of aromatic nitrogens is 2. The molecule has 0 saturated heterocycles. The smallest absolute Gasteiger partial charge is 0.270 e. The van der Waals surface area contributed by atoms with Crippen LogP contribution in [0.3, 0.4) is 0 Å².